The molecule has 1 N–H and O–H groups in total. The molecule has 1 saturated heterocycles. The average Bonchev–Trinajstić information content (AvgIpc) is 3.10. The summed E-state index contributed by atoms with van der Waals surface area (Å²) in [7, 11) is -3.61. The van der Waals surface area contributed by atoms with Gasteiger partial charge in [-0.2, -0.15) is 4.31 Å². The minimum atomic E-state index is -3.61. The van der Waals surface area contributed by atoms with Gasteiger partial charge in [-0.15, -0.1) is 0 Å². The van der Waals surface area contributed by atoms with E-state index < -0.39 is 21.5 Å². The van der Waals surface area contributed by atoms with E-state index in [-0.39, 0.29) is 30.8 Å². The fourth-order valence-corrected chi connectivity index (χ4v) is 4.49. The Morgan fingerprint density at radius 2 is 1.83 bits per heavy atom. The molecule has 0 radical (unpaired) electrons. The maximum absolute atomic E-state index is 12.7. The third-order valence-electron chi connectivity index (χ3n) is 4.61. The maximum Gasteiger partial charge on any atom is 0.330 e. The van der Waals surface area contributed by atoms with Crippen LogP contribution in [-0.4, -0.2) is 46.4 Å². The molecule has 0 amide bonds. The van der Waals surface area contributed by atoms with Crippen LogP contribution in [0.4, 0.5) is 0 Å². The minimum absolute atomic E-state index is 0.153. The van der Waals surface area contributed by atoms with Crippen molar-refractivity contribution in [3.05, 3.63) is 48.5 Å². The van der Waals surface area contributed by atoms with Crippen molar-refractivity contribution in [3.63, 3.8) is 0 Å². The highest BCUT2D eigenvalue weighted by atomic mass is 32.2. The molecular weight excluding hydrogens is 330 g/mol. The van der Waals surface area contributed by atoms with Crippen LogP contribution in [0.5, 0.6) is 0 Å². The van der Waals surface area contributed by atoms with E-state index in [2.05, 4.69) is 4.98 Å². The van der Waals surface area contributed by atoms with Gasteiger partial charge in [0.1, 0.15) is 5.54 Å². The number of carboxylic acid groups (broad SMARTS) is 1. The number of carboxylic acids is 1. The van der Waals surface area contributed by atoms with Crippen LogP contribution in [0.15, 0.2) is 47.9 Å². The summed E-state index contributed by atoms with van der Waals surface area (Å²) >= 11 is 0. The molecule has 1 aliphatic heterocycles. The Balaban J connectivity index is 1.84. The highest BCUT2D eigenvalue weighted by molar-refractivity contribution is 7.89. The Morgan fingerprint density at radius 1 is 1.21 bits per heavy atom. The molecule has 0 atom stereocenters. The van der Waals surface area contributed by atoms with Crippen LogP contribution in [0.1, 0.15) is 18.4 Å². The number of hydrogen-bond acceptors (Lipinski definition) is 4. The standard InChI is InChI=1S/C16H19N3O4S/c1-13-2-4-14(5-3-13)24(22,23)19-9-6-16(7-10-19,15(20)21)18-11-8-17-12-18/h2-5,8,11-12H,6-7,9-10H2,1H3,(H,20,21). The Morgan fingerprint density at radius 3 is 2.33 bits per heavy atom. The molecular formula is C16H19N3O4S. The molecule has 0 spiro atoms. The van der Waals surface area contributed by atoms with Gasteiger partial charge >= 0.3 is 5.97 Å². The van der Waals surface area contributed by atoms with Gasteiger partial charge in [-0.1, -0.05) is 17.7 Å². The summed E-state index contributed by atoms with van der Waals surface area (Å²) in [5.74, 6) is -0.965. The lowest BCUT2D eigenvalue weighted by molar-refractivity contribution is -0.149. The summed E-state index contributed by atoms with van der Waals surface area (Å²) in [6.07, 6.45) is 5.00. The summed E-state index contributed by atoms with van der Waals surface area (Å²) in [6, 6.07) is 6.67. The topological polar surface area (TPSA) is 92.5 Å². The highest BCUT2D eigenvalue weighted by Gasteiger charge is 2.45. The number of carbonyl (C=O) groups is 1. The van der Waals surface area contributed by atoms with Crippen LogP contribution in [0.2, 0.25) is 0 Å². The summed E-state index contributed by atoms with van der Waals surface area (Å²) in [6.45, 7) is 2.20. The third kappa shape index (κ3) is 2.71. The predicted octanol–water partition coefficient (Wildman–Crippen LogP) is 1.46. The van der Waals surface area contributed by atoms with Gasteiger partial charge in [0.15, 0.2) is 0 Å². The second-order valence-corrected chi connectivity index (χ2v) is 7.96. The number of imidazole rings is 1. The lowest BCUT2D eigenvalue weighted by Gasteiger charge is -2.38. The Bertz CT molecular complexity index is 821. The number of aromatic nitrogens is 2. The van der Waals surface area contributed by atoms with E-state index in [4.69, 9.17) is 0 Å². The average molecular weight is 349 g/mol. The minimum Gasteiger partial charge on any atom is -0.479 e. The molecule has 0 saturated carbocycles. The summed E-state index contributed by atoms with van der Waals surface area (Å²) in [5, 5.41) is 9.68. The molecule has 1 aromatic heterocycles. The highest BCUT2D eigenvalue weighted by Crippen LogP contribution is 2.33. The molecule has 1 fully saturated rings. The zero-order valence-corrected chi connectivity index (χ0v) is 14.1. The van der Waals surface area contributed by atoms with Crippen molar-refractivity contribution in [1.29, 1.82) is 0 Å². The predicted molar refractivity (Wildman–Crippen MR) is 87.0 cm³/mol. The van der Waals surface area contributed by atoms with Crippen molar-refractivity contribution in [2.24, 2.45) is 0 Å². The van der Waals surface area contributed by atoms with Crippen LogP contribution >= 0.6 is 0 Å². The summed E-state index contributed by atoms with van der Waals surface area (Å²) in [5.41, 5.74) is -0.159. The molecule has 1 aliphatic rings. The van der Waals surface area contributed by atoms with Crippen LogP contribution in [-0.2, 0) is 20.4 Å². The summed E-state index contributed by atoms with van der Waals surface area (Å²) < 4.78 is 28.4. The molecule has 0 bridgehead atoms. The van der Waals surface area contributed by atoms with Gasteiger partial charge in [0.05, 0.1) is 11.2 Å². The van der Waals surface area contributed by atoms with Crippen LogP contribution in [0.25, 0.3) is 0 Å². The van der Waals surface area contributed by atoms with Crippen molar-refractivity contribution >= 4 is 16.0 Å². The van der Waals surface area contributed by atoms with Gasteiger partial charge in [-0.25, -0.2) is 18.2 Å². The third-order valence-corrected chi connectivity index (χ3v) is 6.52. The van der Waals surface area contributed by atoms with Gasteiger partial charge in [0.25, 0.3) is 0 Å². The number of benzene rings is 1. The van der Waals surface area contributed by atoms with E-state index >= 15 is 0 Å². The van der Waals surface area contributed by atoms with E-state index in [0.29, 0.717) is 0 Å². The normalized spacial score (nSPS) is 18.4. The van der Waals surface area contributed by atoms with Crippen molar-refractivity contribution in [2.75, 3.05) is 13.1 Å². The molecule has 0 unspecified atom stereocenters. The van der Waals surface area contributed by atoms with Crippen LogP contribution < -0.4 is 0 Å². The van der Waals surface area contributed by atoms with Gasteiger partial charge in [0, 0.05) is 25.5 Å². The second-order valence-electron chi connectivity index (χ2n) is 6.02. The Labute approximate surface area is 140 Å². The maximum atomic E-state index is 12.7. The van der Waals surface area contributed by atoms with E-state index in [9.17, 15) is 18.3 Å². The van der Waals surface area contributed by atoms with Gasteiger partial charge in [-0.05, 0) is 31.9 Å². The molecule has 3 rings (SSSR count). The SMILES string of the molecule is Cc1ccc(S(=O)(=O)N2CCC(C(=O)O)(n3ccnc3)CC2)cc1. The number of piperidine rings is 1. The first-order chi connectivity index (χ1) is 11.4. The fraction of sp³-hybridized carbons (Fsp3) is 0.375. The number of rotatable bonds is 4. The Hall–Kier alpha value is -2.19. The first-order valence-electron chi connectivity index (χ1n) is 7.65. The number of hydrogen-bond donors (Lipinski definition) is 1. The van der Waals surface area contributed by atoms with Gasteiger partial charge in [0.2, 0.25) is 10.0 Å². The van der Waals surface area contributed by atoms with Crippen molar-refractivity contribution in [1.82, 2.24) is 13.9 Å². The first kappa shape index (κ1) is 16.7. The van der Waals surface area contributed by atoms with E-state index in [1.54, 1.807) is 35.0 Å². The van der Waals surface area contributed by atoms with Crippen LogP contribution in [0.3, 0.4) is 0 Å². The lowest BCUT2D eigenvalue weighted by atomic mass is 9.88. The monoisotopic (exact) mass is 349 g/mol. The summed E-state index contributed by atoms with van der Waals surface area (Å²) in [4.78, 5) is 16.0. The largest absolute Gasteiger partial charge is 0.479 e. The smallest absolute Gasteiger partial charge is 0.330 e. The Kier molecular flexibility index (Phi) is 4.18. The van der Waals surface area contributed by atoms with Crippen molar-refractivity contribution < 1.29 is 18.3 Å². The van der Waals surface area contributed by atoms with Gasteiger partial charge < -0.3 is 9.67 Å². The number of aryl methyl sites for hydroxylation is 1. The second kappa shape index (κ2) is 6.03. The van der Waals surface area contributed by atoms with Gasteiger partial charge in [-0.3, -0.25) is 0 Å². The molecule has 1 aromatic carbocycles. The quantitative estimate of drug-likeness (QED) is 0.902. The fourth-order valence-electron chi connectivity index (χ4n) is 3.05. The molecule has 8 heteroatoms. The lowest BCUT2D eigenvalue weighted by Crippen LogP contribution is -2.51. The van der Waals surface area contributed by atoms with Crippen molar-refractivity contribution in [2.45, 2.75) is 30.2 Å². The number of sulfonamides is 1. The molecule has 2 heterocycles. The molecule has 0 aliphatic carbocycles. The zero-order valence-electron chi connectivity index (χ0n) is 13.3. The van der Waals surface area contributed by atoms with E-state index in [1.165, 1.54) is 16.8 Å². The van der Waals surface area contributed by atoms with E-state index in [1.807, 2.05) is 6.92 Å². The zero-order chi connectivity index (χ0) is 17.4. The molecule has 2 aromatic rings. The van der Waals surface area contributed by atoms with Crippen LogP contribution in [0, 0.1) is 6.92 Å². The number of aliphatic carboxylic acids is 1. The number of nitrogens with zero attached hydrogens (tertiary/aromatic N) is 3. The molecule has 128 valence electrons. The first-order valence-corrected chi connectivity index (χ1v) is 9.09. The molecule has 24 heavy (non-hydrogen) atoms. The molecule has 7 nitrogen and oxygen atoms in total. The van der Waals surface area contributed by atoms with Crippen molar-refractivity contribution in [3.8, 4) is 0 Å². The van der Waals surface area contributed by atoms with E-state index in [0.717, 1.165) is 5.56 Å².